The number of rotatable bonds is 2. The smallest absolute Gasteiger partial charge is 0.150 e. The van der Waals surface area contributed by atoms with Gasteiger partial charge in [-0.05, 0) is 52.1 Å². The number of nitrogens with zero attached hydrogens (tertiary/aromatic N) is 5. The predicted molar refractivity (Wildman–Crippen MR) is 172 cm³/mol. The zero-order valence-electron chi connectivity index (χ0n) is 22.8. The van der Waals surface area contributed by atoms with Gasteiger partial charge in [0.2, 0.25) is 0 Å². The van der Waals surface area contributed by atoms with Crippen LogP contribution in [0.4, 0.5) is 0 Å². The van der Waals surface area contributed by atoms with E-state index < -0.39 is 7.14 Å². The molecule has 1 radical (unpaired) electrons. The number of hydrogen-bond acceptors (Lipinski definition) is 7. The standard InChI is InChI=1S/C23H13NOPS2.C11H7N4.Ir/c25-26-17-8-1-3-10-19(17)27-21-13-15(16-7-5-6-12-24-16)14-22(23(21)26)28-20-11-4-2-9-18(20)26;1-2-5-9-8(4-1)14-11(15-9)10-12-6-3-7-13-10;/h1-13H;1-7H;/q2*-1;. The van der Waals surface area contributed by atoms with E-state index in [4.69, 9.17) is 0 Å². The Bertz CT molecular complexity index is 2090. The van der Waals surface area contributed by atoms with Crippen molar-refractivity contribution in [2.45, 2.75) is 19.6 Å². The Morgan fingerprint density at radius 3 is 2.07 bits per heavy atom. The summed E-state index contributed by atoms with van der Waals surface area (Å²) in [4.78, 5) is 25.6. The van der Waals surface area contributed by atoms with Crippen LogP contribution in [0.2, 0.25) is 0 Å². The van der Waals surface area contributed by atoms with Crippen molar-refractivity contribution < 1.29 is 24.7 Å². The molecule has 0 spiro atoms. The number of fused-ring (bicyclic) bond motifs is 5. The Morgan fingerprint density at radius 1 is 0.682 bits per heavy atom. The van der Waals surface area contributed by atoms with Gasteiger partial charge in [-0.3, -0.25) is 0 Å². The molecule has 7 aromatic rings. The molecule has 10 heteroatoms. The van der Waals surface area contributed by atoms with Crippen LogP contribution in [0.5, 0.6) is 0 Å². The Morgan fingerprint density at radius 2 is 1.34 bits per heavy atom. The third-order valence-corrected chi connectivity index (χ3v) is 13.2. The van der Waals surface area contributed by atoms with E-state index in [-0.39, 0.29) is 20.1 Å². The molecular weight excluding hydrogens is 782 g/mol. The minimum absolute atomic E-state index is 0. The molecule has 4 aromatic carbocycles. The molecule has 0 amide bonds. The number of hydrogen-bond donors (Lipinski definition) is 0. The fourth-order valence-corrected chi connectivity index (χ4v) is 12.1. The number of imidazole rings is 1. The summed E-state index contributed by atoms with van der Waals surface area (Å²) in [6.45, 7) is 0. The normalized spacial score (nSPS) is 15.5. The monoisotopic (exact) mass is 802 g/mol. The Kier molecular flexibility index (Phi) is 7.83. The summed E-state index contributed by atoms with van der Waals surface area (Å²) in [6, 6.07) is 37.2. The van der Waals surface area contributed by atoms with Crippen molar-refractivity contribution in [1.82, 2.24) is 24.9 Å². The molecule has 1 atom stereocenters. The summed E-state index contributed by atoms with van der Waals surface area (Å²) in [5.41, 5.74) is 3.58. The first kappa shape index (κ1) is 28.9. The van der Waals surface area contributed by atoms with Crippen LogP contribution in [0.25, 0.3) is 33.9 Å². The van der Waals surface area contributed by atoms with Gasteiger partial charge in [0.15, 0.2) is 5.82 Å². The van der Waals surface area contributed by atoms with E-state index in [0.29, 0.717) is 11.6 Å². The van der Waals surface area contributed by atoms with E-state index in [0.717, 1.165) is 57.8 Å². The second-order valence-electron chi connectivity index (χ2n) is 9.80. The molecule has 0 saturated carbocycles. The first-order chi connectivity index (χ1) is 21.2. The molecule has 3 aromatic heterocycles. The van der Waals surface area contributed by atoms with Gasteiger partial charge < -0.3 is 19.5 Å². The fourth-order valence-electron chi connectivity index (χ4n) is 5.27. The number of benzene rings is 4. The molecule has 215 valence electrons. The summed E-state index contributed by atoms with van der Waals surface area (Å²) in [6.07, 6.45) is 5.16. The average molecular weight is 802 g/mol. The maximum atomic E-state index is 14.7. The van der Waals surface area contributed by atoms with Gasteiger partial charge in [0.25, 0.3) is 0 Å². The van der Waals surface area contributed by atoms with Crippen LogP contribution in [0.1, 0.15) is 0 Å². The third kappa shape index (κ3) is 4.95. The van der Waals surface area contributed by atoms with Crippen LogP contribution in [-0.4, -0.2) is 19.9 Å². The molecule has 1 unspecified atom stereocenters. The van der Waals surface area contributed by atoms with Gasteiger partial charge in [0.1, 0.15) is 7.14 Å². The van der Waals surface area contributed by atoms with Gasteiger partial charge in [0.05, 0.1) is 0 Å². The van der Waals surface area contributed by atoms with E-state index in [1.54, 1.807) is 48.2 Å². The summed E-state index contributed by atoms with van der Waals surface area (Å²) < 4.78 is 14.7. The Labute approximate surface area is 275 Å². The molecule has 0 aliphatic carbocycles. The SMILES string of the molecule is O=P12c3ccccc3Sc3[c-]c(-c4ccccn4)cc(c31)Sc1ccccc12.[Ir].c1cnc(-c2nc3ccccc3[n-]2)nc1. The molecule has 6 nitrogen and oxygen atoms in total. The fraction of sp³-hybridized carbons (Fsp3) is 0. The van der Waals surface area contributed by atoms with E-state index in [1.807, 2.05) is 78.9 Å². The first-order valence-corrected chi connectivity index (χ1v) is 16.9. The summed E-state index contributed by atoms with van der Waals surface area (Å²) in [7, 11) is -2.92. The van der Waals surface area contributed by atoms with Crippen LogP contribution in [-0.2, 0) is 24.7 Å². The van der Waals surface area contributed by atoms with Gasteiger partial charge in [-0.2, -0.15) is 0 Å². The number of para-hydroxylation sites is 2. The van der Waals surface area contributed by atoms with Crippen LogP contribution < -0.4 is 20.9 Å². The molecular formula is C34H20IrN5OPS2-2. The first-order valence-electron chi connectivity index (χ1n) is 13.5. The largest absolute Gasteiger partial charge is 0.433 e. The van der Waals surface area contributed by atoms with Crippen LogP contribution in [0, 0.1) is 6.07 Å². The zero-order chi connectivity index (χ0) is 28.8. The molecule has 2 aliphatic heterocycles. The van der Waals surface area contributed by atoms with Crippen molar-refractivity contribution in [3.8, 4) is 22.9 Å². The molecule has 0 N–H and O–H groups in total. The topological polar surface area (TPSA) is 82.7 Å². The Hall–Kier alpha value is -3.84. The van der Waals surface area contributed by atoms with Crippen molar-refractivity contribution in [2.75, 3.05) is 0 Å². The predicted octanol–water partition coefficient (Wildman–Crippen LogP) is 6.76. The number of pyridine rings is 1. The van der Waals surface area contributed by atoms with Crippen molar-refractivity contribution in [1.29, 1.82) is 0 Å². The third-order valence-electron chi connectivity index (χ3n) is 7.17. The Balaban J connectivity index is 0.000000166. The van der Waals surface area contributed by atoms with Gasteiger partial charge in [-0.15, -0.1) is 41.2 Å². The van der Waals surface area contributed by atoms with Crippen LogP contribution >= 0.6 is 30.7 Å². The summed E-state index contributed by atoms with van der Waals surface area (Å²) >= 11 is 3.36. The molecule has 5 heterocycles. The second kappa shape index (κ2) is 11.9. The second-order valence-corrected chi connectivity index (χ2v) is 14.6. The van der Waals surface area contributed by atoms with E-state index in [1.165, 1.54) is 0 Å². The molecule has 44 heavy (non-hydrogen) atoms. The van der Waals surface area contributed by atoms with E-state index in [9.17, 15) is 4.57 Å². The minimum atomic E-state index is -2.92. The van der Waals surface area contributed by atoms with E-state index >= 15 is 0 Å². The number of aromatic nitrogens is 5. The van der Waals surface area contributed by atoms with Gasteiger partial charge in [0, 0.05) is 59.1 Å². The minimum Gasteiger partial charge on any atom is -0.433 e. The maximum absolute atomic E-state index is 14.7. The van der Waals surface area contributed by atoms with Crippen LogP contribution in [0.15, 0.2) is 141 Å². The van der Waals surface area contributed by atoms with Gasteiger partial charge in [-0.25, -0.2) is 9.97 Å². The molecule has 0 bridgehead atoms. The van der Waals surface area contributed by atoms with Crippen molar-refractivity contribution in [2.24, 2.45) is 0 Å². The van der Waals surface area contributed by atoms with Crippen molar-refractivity contribution >= 4 is 57.6 Å². The quantitative estimate of drug-likeness (QED) is 0.140. The zero-order valence-corrected chi connectivity index (χ0v) is 27.7. The van der Waals surface area contributed by atoms with Crippen molar-refractivity contribution in [3.05, 3.63) is 128 Å². The summed E-state index contributed by atoms with van der Waals surface area (Å²) in [5, 5.41) is 2.83. The molecule has 0 saturated heterocycles. The summed E-state index contributed by atoms with van der Waals surface area (Å²) in [5.74, 6) is 1.14. The van der Waals surface area contributed by atoms with E-state index in [2.05, 4.69) is 49.2 Å². The maximum Gasteiger partial charge on any atom is 0.150 e. The van der Waals surface area contributed by atoms with Crippen LogP contribution in [0.3, 0.4) is 0 Å². The van der Waals surface area contributed by atoms with Gasteiger partial charge >= 0.3 is 0 Å². The van der Waals surface area contributed by atoms with Gasteiger partial charge in [-0.1, -0.05) is 82.6 Å². The molecule has 0 fully saturated rings. The molecule has 9 rings (SSSR count). The van der Waals surface area contributed by atoms with Crippen molar-refractivity contribution in [3.63, 3.8) is 0 Å². The average Bonchev–Trinajstić information content (AvgIpc) is 3.51. The molecule has 2 aliphatic rings.